The molecule has 1 unspecified atom stereocenters. The Balaban J connectivity index is 4.23. The van der Waals surface area contributed by atoms with Gasteiger partial charge in [-0.2, -0.15) is 0 Å². The number of rotatable bonds is 6. The van der Waals surface area contributed by atoms with E-state index in [9.17, 15) is 4.57 Å². The number of thiocarbonyl (C=S) groups is 1. The maximum absolute atomic E-state index is 12.0. The fourth-order valence-corrected chi connectivity index (χ4v) is 5.08. The van der Waals surface area contributed by atoms with Crippen LogP contribution in [-0.2, 0) is 9.09 Å². The second-order valence-electron chi connectivity index (χ2n) is 4.00. The highest BCUT2D eigenvalue weighted by Gasteiger charge is 2.25. The van der Waals surface area contributed by atoms with Crippen molar-refractivity contribution in [3.63, 3.8) is 0 Å². The van der Waals surface area contributed by atoms with Gasteiger partial charge in [-0.15, -0.1) is 0 Å². The van der Waals surface area contributed by atoms with Crippen molar-refractivity contribution in [2.75, 3.05) is 12.4 Å². The van der Waals surface area contributed by atoms with Crippen molar-refractivity contribution in [3.05, 3.63) is 0 Å². The zero-order valence-electron chi connectivity index (χ0n) is 9.07. The van der Waals surface area contributed by atoms with Gasteiger partial charge in [0.2, 0.25) is 0 Å². The van der Waals surface area contributed by atoms with Crippen molar-refractivity contribution in [2.24, 2.45) is 5.41 Å². The van der Waals surface area contributed by atoms with Gasteiger partial charge in [0.1, 0.15) is 0 Å². The highest BCUT2D eigenvalue weighted by Crippen LogP contribution is 2.56. The molecule has 0 aromatic rings. The Hall–Kier alpha value is 0.430. The summed E-state index contributed by atoms with van der Waals surface area (Å²) in [5.74, 6) is 0.764. The van der Waals surface area contributed by atoms with E-state index in [0.717, 1.165) is 5.75 Å². The lowest BCUT2D eigenvalue weighted by Crippen LogP contribution is -2.12. The molecule has 0 aromatic heterocycles. The van der Waals surface area contributed by atoms with Crippen molar-refractivity contribution >= 4 is 35.8 Å². The van der Waals surface area contributed by atoms with Gasteiger partial charge in [0.15, 0.2) is 0 Å². The van der Waals surface area contributed by atoms with Crippen LogP contribution in [0.15, 0.2) is 0 Å². The largest absolute Gasteiger partial charge is 0.351 e. The fourth-order valence-electron chi connectivity index (χ4n) is 0.625. The molecule has 0 spiro atoms. The predicted molar refractivity (Wildman–Crippen MR) is 67.9 cm³/mol. The number of nitrogens with one attached hydrogen (secondary N) is 1. The molecular weight excluding hydrogens is 237 g/mol. The molecule has 84 valence electrons. The lowest BCUT2D eigenvalue weighted by Gasteiger charge is -2.22. The van der Waals surface area contributed by atoms with E-state index < -0.39 is 6.72 Å². The normalized spacial score (nSPS) is 16.0. The summed E-state index contributed by atoms with van der Waals surface area (Å²) in [6, 6.07) is 0. The Morgan fingerprint density at radius 3 is 2.50 bits per heavy atom. The topological polar surface area (TPSA) is 38.3 Å². The Morgan fingerprint density at radius 2 is 2.14 bits per heavy atom. The van der Waals surface area contributed by atoms with E-state index in [1.165, 1.54) is 16.9 Å². The van der Waals surface area contributed by atoms with Crippen LogP contribution in [0, 0.1) is 5.41 Å². The minimum absolute atomic E-state index is 0.126. The molecular formula is C8H18NO2PS2. The Labute approximate surface area is 95.6 Å². The third-order valence-corrected chi connectivity index (χ3v) is 5.89. The van der Waals surface area contributed by atoms with Crippen LogP contribution in [-0.4, -0.2) is 17.9 Å². The van der Waals surface area contributed by atoms with E-state index in [0.29, 0.717) is 6.61 Å². The molecule has 0 bridgehead atoms. The zero-order chi connectivity index (χ0) is 11.2. The van der Waals surface area contributed by atoms with E-state index >= 15 is 0 Å². The maximum Gasteiger partial charge on any atom is 0.351 e. The standard InChI is InChI=1S/C8H18NO2PS2/c1-5-11-12(10,9-7-13)14-6-8(2,3)4/h7H,5-6H2,1-4H3,(H,9,10,13). The Morgan fingerprint density at radius 1 is 1.57 bits per heavy atom. The number of hydrogen-bond acceptors (Lipinski definition) is 4. The van der Waals surface area contributed by atoms with Gasteiger partial charge in [-0.05, 0) is 23.7 Å². The first kappa shape index (κ1) is 14.4. The minimum atomic E-state index is -2.81. The summed E-state index contributed by atoms with van der Waals surface area (Å²) in [5, 5.41) is 2.62. The van der Waals surface area contributed by atoms with Crippen LogP contribution in [0.25, 0.3) is 0 Å². The first-order valence-corrected chi connectivity index (χ1v) is 8.12. The van der Waals surface area contributed by atoms with Gasteiger partial charge in [-0.25, -0.2) is 0 Å². The quantitative estimate of drug-likeness (QED) is 0.581. The molecule has 0 aliphatic carbocycles. The van der Waals surface area contributed by atoms with Gasteiger partial charge in [-0.3, -0.25) is 4.57 Å². The Kier molecular flexibility index (Phi) is 6.30. The van der Waals surface area contributed by atoms with Gasteiger partial charge in [0.25, 0.3) is 0 Å². The van der Waals surface area contributed by atoms with Crippen LogP contribution in [0.1, 0.15) is 27.7 Å². The summed E-state index contributed by atoms with van der Waals surface area (Å²) in [6.45, 7) is 5.70. The lowest BCUT2D eigenvalue weighted by atomic mass is 10.0. The molecule has 14 heavy (non-hydrogen) atoms. The predicted octanol–water partition coefficient (Wildman–Crippen LogP) is 3.46. The lowest BCUT2D eigenvalue weighted by molar-refractivity contribution is 0.343. The molecule has 0 amide bonds. The molecule has 6 heteroatoms. The van der Waals surface area contributed by atoms with Crippen LogP contribution in [0.2, 0.25) is 0 Å². The SMILES string of the molecule is CCOP(=O)(NC=S)SCC(C)(C)C. The number of hydrogen-bond donors (Lipinski definition) is 1. The maximum atomic E-state index is 12.0. The van der Waals surface area contributed by atoms with Crippen LogP contribution in [0.4, 0.5) is 0 Å². The molecule has 0 rings (SSSR count). The second kappa shape index (κ2) is 6.11. The van der Waals surface area contributed by atoms with Crippen molar-refractivity contribution < 1.29 is 9.09 Å². The first-order chi connectivity index (χ1) is 6.33. The van der Waals surface area contributed by atoms with Crippen LogP contribution >= 0.6 is 30.3 Å². The van der Waals surface area contributed by atoms with Gasteiger partial charge in [0.05, 0.1) is 12.1 Å². The zero-order valence-corrected chi connectivity index (χ0v) is 11.6. The molecule has 0 aliphatic rings. The average molecular weight is 255 g/mol. The van der Waals surface area contributed by atoms with E-state index in [4.69, 9.17) is 4.52 Å². The minimum Gasteiger partial charge on any atom is -0.306 e. The molecule has 0 radical (unpaired) electrons. The van der Waals surface area contributed by atoms with Gasteiger partial charge >= 0.3 is 6.72 Å². The molecule has 0 aliphatic heterocycles. The smallest absolute Gasteiger partial charge is 0.306 e. The van der Waals surface area contributed by atoms with Crippen molar-refractivity contribution in [1.82, 2.24) is 5.09 Å². The van der Waals surface area contributed by atoms with Crippen molar-refractivity contribution in [3.8, 4) is 0 Å². The highest BCUT2D eigenvalue weighted by atomic mass is 32.7. The summed E-state index contributed by atoms with van der Waals surface area (Å²) in [6.07, 6.45) is 0. The second-order valence-corrected chi connectivity index (χ2v) is 8.51. The Bertz CT molecular complexity index is 228. The van der Waals surface area contributed by atoms with Gasteiger partial charge in [-0.1, -0.05) is 33.0 Å². The summed E-state index contributed by atoms with van der Waals surface area (Å²) < 4.78 is 17.2. The molecule has 0 fully saturated rings. The van der Waals surface area contributed by atoms with Gasteiger partial charge < -0.3 is 9.61 Å². The highest BCUT2D eigenvalue weighted by molar-refractivity contribution is 8.56. The summed E-state index contributed by atoms with van der Waals surface area (Å²) in [5.41, 5.74) is 1.38. The average Bonchev–Trinajstić information content (AvgIpc) is 2.01. The van der Waals surface area contributed by atoms with Gasteiger partial charge in [0, 0.05) is 5.75 Å². The van der Waals surface area contributed by atoms with E-state index in [2.05, 4.69) is 38.1 Å². The summed E-state index contributed by atoms with van der Waals surface area (Å²) >= 11 is 5.92. The molecule has 0 saturated carbocycles. The van der Waals surface area contributed by atoms with E-state index in [1.807, 2.05) is 6.92 Å². The monoisotopic (exact) mass is 255 g/mol. The molecule has 3 nitrogen and oxygen atoms in total. The molecule has 0 saturated heterocycles. The first-order valence-electron chi connectivity index (χ1n) is 4.43. The van der Waals surface area contributed by atoms with Crippen LogP contribution in [0.5, 0.6) is 0 Å². The third-order valence-electron chi connectivity index (χ3n) is 1.18. The van der Waals surface area contributed by atoms with Crippen LogP contribution < -0.4 is 5.09 Å². The molecule has 1 N–H and O–H groups in total. The molecule has 1 atom stereocenters. The van der Waals surface area contributed by atoms with E-state index in [-0.39, 0.29) is 5.41 Å². The third kappa shape index (κ3) is 6.82. The van der Waals surface area contributed by atoms with Crippen molar-refractivity contribution in [1.29, 1.82) is 0 Å². The van der Waals surface area contributed by atoms with Crippen LogP contribution in [0.3, 0.4) is 0 Å². The van der Waals surface area contributed by atoms with Crippen molar-refractivity contribution in [2.45, 2.75) is 27.7 Å². The summed E-state index contributed by atoms with van der Waals surface area (Å²) in [7, 11) is 0. The molecule has 0 heterocycles. The summed E-state index contributed by atoms with van der Waals surface area (Å²) in [4.78, 5) is 0. The fraction of sp³-hybridized carbons (Fsp3) is 0.875. The molecule has 0 aromatic carbocycles. The van der Waals surface area contributed by atoms with E-state index in [1.54, 1.807) is 0 Å².